The van der Waals surface area contributed by atoms with Gasteiger partial charge in [0.05, 0.1) is 17.7 Å². The summed E-state index contributed by atoms with van der Waals surface area (Å²) < 4.78 is 36.4. The zero-order chi connectivity index (χ0) is 13.3. The average Bonchev–Trinajstić information content (AvgIpc) is 2.70. The second-order valence-corrected chi connectivity index (χ2v) is 4.09. The third-order valence-electron chi connectivity index (χ3n) is 2.91. The van der Waals surface area contributed by atoms with Gasteiger partial charge in [-0.1, -0.05) is 6.07 Å². The second-order valence-electron chi connectivity index (χ2n) is 4.09. The van der Waals surface area contributed by atoms with Crippen LogP contribution in [0.5, 0.6) is 0 Å². The number of alkyl halides is 3. The monoisotopic (exact) mass is 254 g/mol. The van der Waals surface area contributed by atoms with Crippen molar-refractivity contribution in [1.29, 1.82) is 5.26 Å². The quantitative estimate of drug-likeness (QED) is 0.835. The van der Waals surface area contributed by atoms with Crippen molar-refractivity contribution in [2.24, 2.45) is 0 Å². The van der Waals surface area contributed by atoms with Crippen LogP contribution in [0.2, 0.25) is 0 Å². The molecule has 1 aliphatic rings. The summed E-state index contributed by atoms with van der Waals surface area (Å²) in [6.07, 6.45) is -3.88. The fourth-order valence-electron chi connectivity index (χ4n) is 2.08. The van der Waals surface area contributed by atoms with Gasteiger partial charge in [-0.05, 0) is 36.1 Å². The number of carbonyl (C=O) groups is 1. The number of nitrogens with zero attached hydrogens (tertiary/aromatic N) is 1. The number of nitriles is 1. The summed E-state index contributed by atoms with van der Waals surface area (Å²) in [6.45, 7) is 0. The number of rotatable bonds is 1. The second kappa shape index (κ2) is 4.33. The molecule has 18 heavy (non-hydrogen) atoms. The molecule has 1 unspecified atom stereocenters. The predicted molar refractivity (Wildman–Crippen MR) is 56.4 cm³/mol. The van der Waals surface area contributed by atoms with Gasteiger partial charge >= 0.3 is 12.1 Å². The number of amides is 1. The SMILES string of the molecule is N#Cc1ccc2c(c1)CCC2NC(=O)C(F)(F)F. The lowest BCUT2D eigenvalue weighted by Gasteiger charge is -2.15. The number of hydrogen-bond acceptors (Lipinski definition) is 2. The largest absolute Gasteiger partial charge is 0.471 e. The fourth-order valence-corrected chi connectivity index (χ4v) is 2.08. The highest BCUT2D eigenvalue weighted by atomic mass is 19.4. The normalized spacial score (nSPS) is 18.0. The molecule has 0 spiro atoms. The van der Waals surface area contributed by atoms with Crippen LogP contribution in [0.25, 0.3) is 0 Å². The summed E-state index contributed by atoms with van der Waals surface area (Å²) >= 11 is 0. The number of benzene rings is 1. The zero-order valence-electron chi connectivity index (χ0n) is 9.21. The van der Waals surface area contributed by atoms with Crippen LogP contribution in [-0.2, 0) is 11.2 Å². The first kappa shape index (κ1) is 12.4. The van der Waals surface area contributed by atoms with E-state index in [9.17, 15) is 18.0 Å². The maximum Gasteiger partial charge on any atom is 0.471 e. The van der Waals surface area contributed by atoms with E-state index < -0.39 is 18.1 Å². The van der Waals surface area contributed by atoms with Crippen LogP contribution in [0.3, 0.4) is 0 Å². The molecular formula is C12H9F3N2O. The third-order valence-corrected chi connectivity index (χ3v) is 2.91. The van der Waals surface area contributed by atoms with E-state index in [2.05, 4.69) is 0 Å². The smallest absolute Gasteiger partial charge is 0.341 e. The van der Waals surface area contributed by atoms with E-state index >= 15 is 0 Å². The van der Waals surface area contributed by atoms with Crippen molar-refractivity contribution in [3.05, 3.63) is 34.9 Å². The van der Waals surface area contributed by atoms with E-state index in [1.165, 1.54) is 6.07 Å². The van der Waals surface area contributed by atoms with Crippen molar-refractivity contribution in [3.63, 3.8) is 0 Å². The van der Waals surface area contributed by atoms with Gasteiger partial charge in [0.15, 0.2) is 0 Å². The number of fused-ring (bicyclic) bond motifs is 1. The van der Waals surface area contributed by atoms with Gasteiger partial charge in [0, 0.05) is 0 Å². The van der Waals surface area contributed by atoms with Crippen molar-refractivity contribution in [1.82, 2.24) is 5.32 Å². The van der Waals surface area contributed by atoms with Gasteiger partial charge in [-0.3, -0.25) is 4.79 Å². The number of aryl methyl sites for hydroxylation is 1. The van der Waals surface area contributed by atoms with Gasteiger partial charge in [0.25, 0.3) is 0 Å². The Balaban J connectivity index is 2.18. The summed E-state index contributed by atoms with van der Waals surface area (Å²) in [7, 11) is 0. The molecule has 1 aromatic carbocycles. The van der Waals surface area contributed by atoms with Gasteiger partial charge in [-0.15, -0.1) is 0 Å². The maximum absolute atomic E-state index is 12.1. The molecule has 3 nitrogen and oxygen atoms in total. The van der Waals surface area contributed by atoms with Crippen LogP contribution >= 0.6 is 0 Å². The lowest BCUT2D eigenvalue weighted by molar-refractivity contribution is -0.174. The van der Waals surface area contributed by atoms with Gasteiger partial charge in [0.2, 0.25) is 0 Å². The number of halogens is 3. The zero-order valence-corrected chi connectivity index (χ0v) is 9.21. The first-order valence-electron chi connectivity index (χ1n) is 5.32. The Hall–Kier alpha value is -2.03. The highest BCUT2D eigenvalue weighted by Gasteiger charge is 2.40. The Morgan fingerprint density at radius 3 is 2.78 bits per heavy atom. The number of carbonyl (C=O) groups excluding carboxylic acids is 1. The summed E-state index contributed by atoms with van der Waals surface area (Å²) in [5.74, 6) is -1.93. The Morgan fingerprint density at radius 1 is 1.44 bits per heavy atom. The van der Waals surface area contributed by atoms with Gasteiger partial charge < -0.3 is 5.32 Å². The summed E-state index contributed by atoms with van der Waals surface area (Å²) in [5, 5.41) is 10.7. The van der Waals surface area contributed by atoms with Crippen LogP contribution < -0.4 is 5.32 Å². The Labute approximate surface area is 101 Å². The fraction of sp³-hybridized carbons (Fsp3) is 0.333. The van der Waals surface area contributed by atoms with E-state index in [0.29, 0.717) is 24.0 Å². The molecule has 0 saturated carbocycles. The molecule has 0 aromatic heterocycles. The lowest BCUT2D eigenvalue weighted by Crippen LogP contribution is -2.38. The van der Waals surface area contributed by atoms with Crippen molar-refractivity contribution in [2.45, 2.75) is 25.1 Å². The Morgan fingerprint density at radius 2 is 2.17 bits per heavy atom. The van der Waals surface area contributed by atoms with Crippen molar-refractivity contribution < 1.29 is 18.0 Å². The molecule has 6 heteroatoms. The Kier molecular flexibility index (Phi) is 2.99. The van der Waals surface area contributed by atoms with Crippen LogP contribution in [0.4, 0.5) is 13.2 Å². The molecule has 0 radical (unpaired) electrons. The molecule has 1 atom stereocenters. The van der Waals surface area contributed by atoms with Crippen LogP contribution in [0.15, 0.2) is 18.2 Å². The van der Waals surface area contributed by atoms with Crippen molar-refractivity contribution >= 4 is 5.91 Å². The third kappa shape index (κ3) is 2.30. The molecule has 0 saturated heterocycles. The minimum absolute atomic E-state index is 0.423. The first-order valence-corrected chi connectivity index (χ1v) is 5.32. The van der Waals surface area contributed by atoms with E-state index in [1.807, 2.05) is 11.4 Å². The standard InChI is InChI=1S/C12H9F3N2O/c13-12(14,15)11(18)17-10-4-2-8-5-7(6-16)1-3-9(8)10/h1,3,5,10H,2,4H2,(H,17,18). The number of hydrogen-bond donors (Lipinski definition) is 1. The molecule has 0 fully saturated rings. The van der Waals surface area contributed by atoms with Gasteiger partial charge in [0.1, 0.15) is 0 Å². The summed E-state index contributed by atoms with van der Waals surface area (Å²) in [6, 6.07) is 6.13. The lowest BCUT2D eigenvalue weighted by atomic mass is 10.1. The molecule has 0 heterocycles. The summed E-state index contributed by atoms with van der Waals surface area (Å²) in [4.78, 5) is 10.9. The number of nitrogens with one attached hydrogen (secondary N) is 1. The molecule has 2 rings (SSSR count). The molecule has 94 valence electrons. The Bertz CT molecular complexity index is 531. The van der Waals surface area contributed by atoms with E-state index in [-0.39, 0.29) is 0 Å². The van der Waals surface area contributed by atoms with Crippen molar-refractivity contribution in [2.75, 3.05) is 0 Å². The molecule has 0 bridgehead atoms. The van der Waals surface area contributed by atoms with Gasteiger partial charge in [-0.25, -0.2) is 0 Å². The molecule has 1 N–H and O–H groups in total. The van der Waals surface area contributed by atoms with Crippen LogP contribution in [0.1, 0.15) is 29.2 Å². The highest BCUT2D eigenvalue weighted by Crippen LogP contribution is 2.32. The van der Waals surface area contributed by atoms with Crippen molar-refractivity contribution in [3.8, 4) is 6.07 Å². The molecule has 0 aliphatic heterocycles. The summed E-state index contributed by atoms with van der Waals surface area (Å²) in [5.41, 5.74) is 1.95. The van der Waals surface area contributed by atoms with E-state index in [0.717, 1.165) is 5.56 Å². The molecular weight excluding hydrogens is 245 g/mol. The van der Waals surface area contributed by atoms with Crippen LogP contribution in [0, 0.1) is 11.3 Å². The average molecular weight is 254 g/mol. The van der Waals surface area contributed by atoms with Gasteiger partial charge in [-0.2, -0.15) is 18.4 Å². The molecule has 1 amide bonds. The topological polar surface area (TPSA) is 52.9 Å². The minimum Gasteiger partial charge on any atom is -0.341 e. The highest BCUT2D eigenvalue weighted by molar-refractivity contribution is 5.82. The van der Waals surface area contributed by atoms with E-state index in [1.54, 1.807) is 12.1 Å². The van der Waals surface area contributed by atoms with Crippen LogP contribution in [-0.4, -0.2) is 12.1 Å². The minimum atomic E-state index is -4.87. The first-order chi connectivity index (χ1) is 8.41. The maximum atomic E-state index is 12.1. The van der Waals surface area contributed by atoms with E-state index in [4.69, 9.17) is 5.26 Å². The molecule has 1 aliphatic carbocycles. The molecule has 1 aromatic rings. The predicted octanol–water partition coefficient (Wildman–Crippen LogP) is 2.22.